The van der Waals surface area contributed by atoms with Gasteiger partial charge in [-0.15, -0.1) is 0 Å². The summed E-state index contributed by atoms with van der Waals surface area (Å²) >= 11 is 0. The molecule has 0 saturated carbocycles. The van der Waals surface area contributed by atoms with Crippen molar-refractivity contribution in [2.75, 3.05) is 20.1 Å². The van der Waals surface area contributed by atoms with Crippen molar-refractivity contribution in [2.24, 2.45) is 0 Å². The molecule has 15 heavy (non-hydrogen) atoms. The third kappa shape index (κ3) is 6.48. The van der Waals surface area contributed by atoms with Gasteiger partial charge >= 0.3 is 0 Å². The summed E-state index contributed by atoms with van der Waals surface area (Å²) in [5.74, 6) is 0. The lowest BCUT2D eigenvalue weighted by molar-refractivity contribution is 0.237. The van der Waals surface area contributed by atoms with E-state index in [1.165, 1.54) is 12.8 Å². The number of nitriles is 1. The average Bonchev–Trinajstić information content (AvgIpc) is 2.24. The second kappa shape index (κ2) is 8.70. The maximum absolute atomic E-state index is 8.88. The fourth-order valence-electron chi connectivity index (χ4n) is 1.65. The Kier molecular flexibility index (Phi) is 8.35. The highest BCUT2D eigenvalue weighted by atomic mass is 15.1. The first kappa shape index (κ1) is 14.4. The first-order valence-corrected chi connectivity index (χ1v) is 5.98. The molecule has 0 bridgehead atoms. The molecule has 0 saturated heterocycles. The van der Waals surface area contributed by atoms with E-state index < -0.39 is 0 Å². The first-order chi connectivity index (χ1) is 7.15. The number of nitrogens with zero attached hydrogens (tertiary/aromatic N) is 2. The van der Waals surface area contributed by atoms with E-state index >= 15 is 0 Å². The van der Waals surface area contributed by atoms with Crippen LogP contribution in [0.3, 0.4) is 0 Å². The summed E-state index contributed by atoms with van der Waals surface area (Å²) in [4.78, 5) is 2.34. The number of rotatable bonds is 8. The average molecular weight is 211 g/mol. The van der Waals surface area contributed by atoms with Crippen LogP contribution in [0.25, 0.3) is 0 Å². The molecule has 0 spiro atoms. The largest absolute Gasteiger partial charge is 0.304 e. The second-order valence-electron chi connectivity index (χ2n) is 4.15. The first-order valence-electron chi connectivity index (χ1n) is 5.98. The van der Waals surface area contributed by atoms with Gasteiger partial charge < -0.3 is 10.2 Å². The molecular formula is C12H25N3. The van der Waals surface area contributed by atoms with Crippen molar-refractivity contribution in [3.8, 4) is 6.07 Å². The third-order valence-corrected chi connectivity index (χ3v) is 2.84. The predicted molar refractivity (Wildman–Crippen MR) is 64.7 cm³/mol. The summed E-state index contributed by atoms with van der Waals surface area (Å²) in [7, 11) is 2.14. The van der Waals surface area contributed by atoms with E-state index in [4.69, 9.17) is 5.26 Å². The molecule has 0 fully saturated rings. The number of hydrogen-bond acceptors (Lipinski definition) is 3. The zero-order chi connectivity index (χ0) is 11.7. The lowest BCUT2D eigenvalue weighted by atomic mass is 10.1. The lowest BCUT2D eigenvalue weighted by Crippen LogP contribution is -2.35. The van der Waals surface area contributed by atoms with Crippen molar-refractivity contribution in [2.45, 2.75) is 52.1 Å². The maximum atomic E-state index is 8.88. The van der Waals surface area contributed by atoms with Crippen LogP contribution in [0, 0.1) is 11.3 Å². The number of nitrogens with one attached hydrogen (secondary N) is 1. The minimum absolute atomic E-state index is 0.00581. The minimum Gasteiger partial charge on any atom is -0.304 e. The predicted octanol–water partition coefficient (Wildman–Crippen LogP) is 2.00. The lowest BCUT2D eigenvalue weighted by Gasteiger charge is -2.25. The van der Waals surface area contributed by atoms with E-state index in [1.54, 1.807) is 0 Å². The molecule has 0 aliphatic rings. The van der Waals surface area contributed by atoms with Crippen LogP contribution < -0.4 is 5.32 Å². The summed E-state index contributed by atoms with van der Waals surface area (Å²) in [6, 6.07) is 2.92. The van der Waals surface area contributed by atoms with Gasteiger partial charge in [0, 0.05) is 12.6 Å². The zero-order valence-corrected chi connectivity index (χ0v) is 10.6. The molecule has 88 valence electrons. The van der Waals surface area contributed by atoms with Crippen LogP contribution in [0.4, 0.5) is 0 Å². The van der Waals surface area contributed by atoms with Gasteiger partial charge in [-0.3, -0.25) is 0 Å². The Bertz CT molecular complexity index is 186. The normalized spacial score (nSPS) is 14.9. The molecule has 0 aromatic heterocycles. The van der Waals surface area contributed by atoms with E-state index in [0.29, 0.717) is 6.04 Å². The Morgan fingerprint density at radius 2 is 2.00 bits per heavy atom. The van der Waals surface area contributed by atoms with Crippen LogP contribution in [0.1, 0.15) is 40.0 Å². The molecule has 0 radical (unpaired) electrons. The van der Waals surface area contributed by atoms with Gasteiger partial charge in [-0.1, -0.05) is 20.3 Å². The van der Waals surface area contributed by atoms with E-state index in [2.05, 4.69) is 37.2 Å². The molecule has 3 heteroatoms. The Balaban J connectivity index is 3.77. The fourth-order valence-corrected chi connectivity index (χ4v) is 1.65. The van der Waals surface area contributed by atoms with Crippen molar-refractivity contribution in [3.63, 3.8) is 0 Å². The molecular weight excluding hydrogens is 186 g/mol. The van der Waals surface area contributed by atoms with Crippen LogP contribution >= 0.6 is 0 Å². The molecule has 0 aliphatic heterocycles. The van der Waals surface area contributed by atoms with Crippen LogP contribution in [0.2, 0.25) is 0 Å². The van der Waals surface area contributed by atoms with Crippen molar-refractivity contribution < 1.29 is 0 Å². The van der Waals surface area contributed by atoms with Crippen molar-refractivity contribution in [1.82, 2.24) is 10.2 Å². The van der Waals surface area contributed by atoms with Gasteiger partial charge in [-0.05, 0) is 33.4 Å². The molecule has 2 unspecified atom stereocenters. The fraction of sp³-hybridized carbons (Fsp3) is 0.917. The van der Waals surface area contributed by atoms with Crippen LogP contribution in [0.5, 0.6) is 0 Å². The Morgan fingerprint density at radius 3 is 2.47 bits per heavy atom. The highest BCUT2D eigenvalue weighted by Crippen LogP contribution is 2.05. The Labute approximate surface area is 94.5 Å². The minimum atomic E-state index is 0.00581. The third-order valence-electron chi connectivity index (χ3n) is 2.84. The van der Waals surface area contributed by atoms with E-state index in [0.717, 1.165) is 19.5 Å². The quantitative estimate of drug-likeness (QED) is 0.667. The standard InChI is InChI=1S/C12H25N3/c1-5-7-11(3)15(4)9-8-12(10-13)14-6-2/h11-12,14H,5-9H2,1-4H3. The van der Waals surface area contributed by atoms with Crippen LogP contribution in [-0.2, 0) is 0 Å². The Hall–Kier alpha value is -0.590. The van der Waals surface area contributed by atoms with Crippen LogP contribution in [0.15, 0.2) is 0 Å². The van der Waals surface area contributed by atoms with Crippen LogP contribution in [-0.4, -0.2) is 37.1 Å². The monoisotopic (exact) mass is 211 g/mol. The summed E-state index contributed by atoms with van der Waals surface area (Å²) in [5.41, 5.74) is 0. The molecule has 0 heterocycles. The zero-order valence-electron chi connectivity index (χ0n) is 10.6. The molecule has 2 atom stereocenters. The summed E-state index contributed by atoms with van der Waals surface area (Å²) < 4.78 is 0. The van der Waals surface area contributed by atoms with Crippen molar-refractivity contribution in [3.05, 3.63) is 0 Å². The molecule has 0 rings (SSSR count). The molecule has 1 N–H and O–H groups in total. The number of hydrogen-bond donors (Lipinski definition) is 1. The molecule has 0 aliphatic carbocycles. The van der Waals surface area contributed by atoms with E-state index in [-0.39, 0.29) is 6.04 Å². The highest BCUT2D eigenvalue weighted by Gasteiger charge is 2.11. The molecule has 0 aromatic rings. The topological polar surface area (TPSA) is 39.1 Å². The van der Waals surface area contributed by atoms with Crippen molar-refractivity contribution in [1.29, 1.82) is 5.26 Å². The SMILES string of the molecule is CCCC(C)N(C)CCC(C#N)NCC. The van der Waals surface area contributed by atoms with Gasteiger partial charge in [0.2, 0.25) is 0 Å². The van der Waals surface area contributed by atoms with Gasteiger partial charge in [0.1, 0.15) is 0 Å². The summed E-state index contributed by atoms with van der Waals surface area (Å²) in [6.45, 7) is 8.35. The summed E-state index contributed by atoms with van der Waals surface area (Å²) in [5, 5.41) is 12.1. The highest BCUT2D eigenvalue weighted by molar-refractivity contribution is 4.89. The van der Waals surface area contributed by atoms with Gasteiger partial charge in [0.05, 0.1) is 12.1 Å². The molecule has 0 aromatic carbocycles. The Morgan fingerprint density at radius 1 is 1.33 bits per heavy atom. The second-order valence-corrected chi connectivity index (χ2v) is 4.15. The van der Waals surface area contributed by atoms with Gasteiger partial charge in [-0.25, -0.2) is 0 Å². The van der Waals surface area contributed by atoms with E-state index in [1.807, 2.05) is 6.92 Å². The molecule has 3 nitrogen and oxygen atoms in total. The van der Waals surface area contributed by atoms with Gasteiger partial charge in [0.15, 0.2) is 0 Å². The van der Waals surface area contributed by atoms with E-state index in [9.17, 15) is 0 Å². The smallest absolute Gasteiger partial charge is 0.0965 e. The van der Waals surface area contributed by atoms with Gasteiger partial charge in [0.25, 0.3) is 0 Å². The molecule has 0 amide bonds. The maximum Gasteiger partial charge on any atom is 0.0965 e. The van der Waals surface area contributed by atoms with Gasteiger partial charge in [-0.2, -0.15) is 5.26 Å². The summed E-state index contributed by atoms with van der Waals surface area (Å²) in [6.07, 6.45) is 3.37. The van der Waals surface area contributed by atoms with Crippen molar-refractivity contribution >= 4 is 0 Å².